The molecule has 0 radical (unpaired) electrons. The van der Waals surface area contributed by atoms with Gasteiger partial charge in [-0.25, -0.2) is 4.68 Å². The molecule has 7 nitrogen and oxygen atoms in total. The fraction of sp³-hybridized carbons (Fsp3) is 0.200. The van der Waals surface area contributed by atoms with E-state index in [1.54, 1.807) is 4.68 Å². The van der Waals surface area contributed by atoms with Crippen molar-refractivity contribution < 1.29 is 4.79 Å². The number of anilines is 1. The number of hydrogen-bond acceptors (Lipinski definition) is 4. The van der Waals surface area contributed by atoms with Gasteiger partial charge in [-0.3, -0.25) is 4.79 Å². The number of aromatic amines is 1. The van der Waals surface area contributed by atoms with Gasteiger partial charge in [0.2, 0.25) is 0 Å². The molecule has 1 amide bonds. The Balaban J connectivity index is 1.39. The van der Waals surface area contributed by atoms with Gasteiger partial charge in [-0.1, -0.05) is 0 Å². The Hall–Kier alpha value is -3.48. The van der Waals surface area contributed by atoms with Gasteiger partial charge in [0.25, 0.3) is 5.91 Å². The number of benzene rings is 2. The normalized spacial score (nSPS) is 13.5. The Morgan fingerprint density at radius 2 is 1.93 bits per heavy atom. The molecule has 0 saturated carbocycles. The number of nitrogens with zero attached hydrogens (tertiary/aromatic N) is 4. The predicted octanol–water partition coefficient (Wildman–Crippen LogP) is 3.27. The number of rotatable bonds is 3. The van der Waals surface area contributed by atoms with Crippen LogP contribution in [-0.2, 0) is 12.8 Å². The second-order valence-corrected chi connectivity index (χ2v) is 6.80. The summed E-state index contributed by atoms with van der Waals surface area (Å²) < 4.78 is 1.56. The number of H-pyrrole nitrogens is 1. The third-order valence-electron chi connectivity index (χ3n) is 5.10. The molecule has 7 heteroatoms. The van der Waals surface area contributed by atoms with Crippen LogP contribution < -0.4 is 5.32 Å². The minimum atomic E-state index is -0.113. The van der Waals surface area contributed by atoms with Gasteiger partial charge in [-0.05, 0) is 84.1 Å². The monoisotopic (exact) mass is 358 g/mol. The molecule has 0 fully saturated rings. The molecule has 1 aliphatic rings. The third-order valence-corrected chi connectivity index (χ3v) is 5.10. The number of amides is 1. The molecule has 2 aromatic heterocycles. The number of fused-ring (bicyclic) bond motifs is 3. The van der Waals surface area contributed by atoms with Gasteiger partial charge in [0.05, 0.1) is 5.69 Å². The first-order valence-electron chi connectivity index (χ1n) is 9.06. The molecule has 0 saturated heterocycles. The van der Waals surface area contributed by atoms with Crippen molar-refractivity contribution in [3.63, 3.8) is 0 Å². The van der Waals surface area contributed by atoms with Gasteiger partial charge in [0.1, 0.15) is 6.33 Å². The zero-order valence-electron chi connectivity index (χ0n) is 14.6. The summed E-state index contributed by atoms with van der Waals surface area (Å²) in [5, 5.41) is 15.2. The highest BCUT2D eigenvalue weighted by Gasteiger charge is 2.17. The number of aromatic nitrogens is 5. The molecule has 4 aromatic rings. The van der Waals surface area contributed by atoms with Gasteiger partial charge in [0, 0.05) is 27.8 Å². The minimum absolute atomic E-state index is 0.113. The molecular formula is C20H18N6O. The molecule has 5 rings (SSSR count). The fourth-order valence-electron chi connectivity index (χ4n) is 3.73. The van der Waals surface area contributed by atoms with Crippen LogP contribution in [0.15, 0.2) is 48.8 Å². The molecule has 0 unspecified atom stereocenters. The minimum Gasteiger partial charge on any atom is -0.358 e. The van der Waals surface area contributed by atoms with Gasteiger partial charge in [-0.15, -0.1) is 5.10 Å². The highest BCUT2D eigenvalue weighted by Crippen LogP contribution is 2.29. The lowest BCUT2D eigenvalue weighted by molar-refractivity contribution is 0.102. The summed E-state index contributed by atoms with van der Waals surface area (Å²) in [5.41, 5.74) is 6.04. The first-order chi connectivity index (χ1) is 13.3. The molecule has 2 N–H and O–H groups in total. The molecule has 0 bridgehead atoms. The second-order valence-electron chi connectivity index (χ2n) is 6.80. The summed E-state index contributed by atoms with van der Waals surface area (Å²) in [7, 11) is 0. The van der Waals surface area contributed by atoms with Crippen molar-refractivity contribution in [3.05, 3.63) is 65.6 Å². The van der Waals surface area contributed by atoms with Gasteiger partial charge < -0.3 is 10.3 Å². The third kappa shape index (κ3) is 2.87. The zero-order chi connectivity index (χ0) is 18.2. The van der Waals surface area contributed by atoms with E-state index in [1.165, 1.54) is 35.8 Å². The van der Waals surface area contributed by atoms with Gasteiger partial charge in [0.15, 0.2) is 0 Å². The van der Waals surface area contributed by atoms with Crippen LogP contribution in [0.5, 0.6) is 0 Å². The van der Waals surface area contributed by atoms with E-state index >= 15 is 0 Å². The van der Waals surface area contributed by atoms with Crippen molar-refractivity contribution in [1.29, 1.82) is 0 Å². The zero-order valence-corrected chi connectivity index (χ0v) is 14.6. The predicted molar refractivity (Wildman–Crippen MR) is 102 cm³/mol. The quantitative estimate of drug-likeness (QED) is 0.588. The number of carbonyl (C=O) groups excluding carboxylic acids is 1. The van der Waals surface area contributed by atoms with Crippen LogP contribution in [0.1, 0.15) is 34.5 Å². The van der Waals surface area contributed by atoms with Crippen LogP contribution in [-0.4, -0.2) is 31.1 Å². The van der Waals surface area contributed by atoms with Crippen molar-refractivity contribution >= 4 is 22.5 Å². The smallest absolute Gasteiger partial charge is 0.255 e. The molecule has 2 heterocycles. The van der Waals surface area contributed by atoms with Crippen molar-refractivity contribution in [3.8, 4) is 5.69 Å². The molecule has 0 aliphatic heterocycles. The Morgan fingerprint density at radius 3 is 2.74 bits per heavy atom. The summed E-state index contributed by atoms with van der Waals surface area (Å²) in [6.07, 6.45) is 6.15. The maximum Gasteiger partial charge on any atom is 0.255 e. The number of carbonyl (C=O) groups is 1. The molecule has 0 spiro atoms. The molecule has 27 heavy (non-hydrogen) atoms. The highest BCUT2D eigenvalue weighted by molar-refractivity contribution is 6.06. The summed E-state index contributed by atoms with van der Waals surface area (Å²) >= 11 is 0. The van der Waals surface area contributed by atoms with Crippen LogP contribution in [0, 0.1) is 0 Å². The summed E-state index contributed by atoms with van der Waals surface area (Å²) in [6.45, 7) is 0. The average Bonchev–Trinajstić information content (AvgIpc) is 3.36. The number of nitrogens with one attached hydrogen (secondary N) is 2. The van der Waals surface area contributed by atoms with Crippen molar-refractivity contribution in [1.82, 2.24) is 25.2 Å². The maximum atomic E-state index is 12.7. The van der Waals surface area contributed by atoms with Crippen molar-refractivity contribution in [2.24, 2.45) is 0 Å². The van der Waals surface area contributed by atoms with E-state index in [0.29, 0.717) is 5.56 Å². The maximum absolute atomic E-state index is 12.7. The molecule has 1 aliphatic carbocycles. The topological polar surface area (TPSA) is 88.5 Å². The van der Waals surface area contributed by atoms with E-state index in [-0.39, 0.29) is 5.91 Å². The van der Waals surface area contributed by atoms with Crippen molar-refractivity contribution in [2.75, 3.05) is 5.32 Å². The van der Waals surface area contributed by atoms with E-state index < -0.39 is 0 Å². The van der Waals surface area contributed by atoms with Crippen LogP contribution >= 0.6 is 0 Å². The van der Waals surface area contributed by atoms with E-state index in [9.17, 15) is 4.79 Å². The second kappa shape index (κ2) is 6.35. The lowest BCUT2D eigenvalue weighted by Crippen LogP contribution is -2.11. The fourth-order valence-corrected chi connectivity index (χ4v) is 3.73. The van der Waals surface area contributed by atoms with E-state index in [0.717, 1.165) is 29.7 Å². The van der Waals surface area contributed by atoms with Crippen molar-refractivity contribution in [2.45, 2.75) is 25.7 Å². The van der Waals surface area contributed by atoms with Gasteiger partial charge in [-0.2, -0.15) is 0 Å². The number of tetrazole rings is 1. The van der Waals surface area contributed by atoms with Crippen LogP contribution in [0.3, 0.4) is 0 Å². The first-order valence-corrected chi connectivity index (χ1v) is 9.06. The lowest BCUT2D eigenvalue weighted by atomic mass is 9.95. The number of aryl methyl sites for hydroxylation is 2. The molecule has 134 valence electrons. The molecule has 0 atom stereocenters. The Kier molecular flexibility index (Phi) is 3.71. The summed E-state index contributed by atoms with van der Waals surface area (Å²) in [5.74, 6) is -0.113. The van der Waals surface area contributed by atoms with Crippen LogP contribution in [0.25, 0.3) is 16.6 Å². The molecular weight excluding hydrogens is 340 g/mol. The lowest BCUT2D eigenvalue weighted by Gasteiger charge is -2.10. The number of hydrogen-bond donors (Lipinski definition) is 2. The SMILES string of the molecule is O=C(Nc1ccc(-n2cnnn2)cc1)c1ccc2[nH]c3c(c2c1)CCCC3. The van der Waals surface area contributed by atoms with E-state index in [1.807, 2.05) is 42.5 Å². The Morgan fingerprint density at radius 1 is 1.07 bits per heavy atom. The van der Waals surface area contributed by atoms with Gasteiger partial charge >= 0.3 is 0 Å². The summed E-state index contributed by atoms with van der Waals surface area (Å²) in [6, 6.07) is 13.3. The first kappa shape index (κ1) is 15.7. The highest BCUT2D eigenvalue weighted by atomic mass is 16.1. The van der Waals surface area contributed by atoms with Crippen LogP contribution in [0.4, 0.5) is 5.69 Å². The summed E-state index contributed by atoms with van der Waals surface area (Å²) in [4.78, 5) is 16.2. The standard InChI is InChI=1S/C20H18N6O/c27-20(22-14-6-8-15(9-7-14)26-12-21-24-25-26)13-5-10-19-17(11-13)16-3-1-2-4-18(16)23-19/h5-12,23H,1-4H2,(H,22,27). The van der Waals surface area contributed by atoms with E-state index in [2.05, 4.69) is 25.8 Å². The average molecular weight is 358 g/mol. The Labute approximate surface area is 155 Å². The Bertz CT molecular complexity index is 1110. The molecule has 2 aromatic carbocycles. The largest absolute Gasteiger partial charge is 0.358 e. The van der Waals surface area contributed by atoms with E-state index in [4.69, 9.17) is 0 Å². The van der Waals surface area contributed by atoms with Crippen LogP contribution in [0.2, 0.25) is 0 Å².